The lowest BCUT2D eigenvalue weighted by atomic mass is 9.58. The molecular formula is C20H28O5. The Morgan fingerprint density at radius 1 is 1.04 bits per heavy atom. The minimum atomic E-state index is -1.07. The molecule has 1 aliphatic rings. The minimum Gasteiger partial charge on any atom is -0.494 e. The number of hydrogen-bond acceptors (Lipinski definition) is 3. The molecule has 2 rings (SSSR count). The first-order valence-corrected chi connectivity index (χ1v) is 9.19. The lowest BCUT2D eigenvalue weighted by Gasteiger charge is -2.42. The molecule has 0 saturated heterocycles. The molecule has 0 aromatic heterocycles. The fourth-order valence-corrected chi connectivity index (χ4v) is 3.43. The molecule has 5 nitrogen and oxygen atoms in total. The molecule has 1 fully saturated rings. The summed E-state index contributed by atoms with van der Waals surface area (Å²) < 4.78 is 5.71. The smallest absolute Gasteiger partial charge is 0.314 e. The second kappa shape index (κ2) is 8.88. The summed E-state index contributed by atoms with van der Waals surface area (Å²) in [4.78, 5) is 22.6. The van der Waals surface area contributed by atoms with Crippen LogP contribution in [0.4, 0.5) is 0 Å². The zero-order valence-corrected chi connectivity index (χ0v) is 14.9. The predicted molar refractivity (Wildman–Crippen MR) is 95.0 cm³/mol. The molecule has 0 atom stereocenters. The highest BCUT2D eigenvalue weighted by Gasteiger charge is 2.54. The molecule has 2 N–H and O–H groups in total. The van der Waals surface area contributed by atoms with Gasteiger partial charge in [0.25, 0.3) is 0 Å². The van der Waals surface area contributed by atoms with E-state index >= 15 is 0 Å². The second-order valence-corrected chi connectivity index (χ2v) is 6.97. The molecule has 0 bridgehead atoms. The van der Waals surface area contributed by atoms with Crippen molar-refractivity contribution in [2.24, 2.45) is 5.92 Å². The zero-order valence-electron chi connectivity index (χ0n) is 14.9. The summed E-state index contributed by atoms with van der Waals surface area (Å²) in [7, 11) is 0. The van der Waals surface area contributed by atoms with Crippen LogP contribution >= 0.6 is 0 Å². The van der Waals surface area contributed by atoms with Crippen molar-refractivity contribution in [1.82, 2.24) is 0 Å². The van der Waals surface area contributed by atoms with Crippen LogP contribution in [0.15, 0.2) is 24.3 Å². The number of rotatable bonds is 11. The number of ether oxygens (including phenoxy) is 1. The first-order chi connectivity index (χ1) is 12.0. The highest BCUT2D eigenvalue weighted by Crippen LogP contribution is 2.48. The van der Waals surface area contributed by atoms with E-state index in [0.717, 1.165) is 18.6 Å². The van der Waals surface area contributed by atoms with E-state index < -0.39 is 23.3 Å². The van der Waals surface area contributed by atoms with E-state index in [1.54, 1.807) is 24.3 Å². The molecule has 0 radical (unpaired) electrons. The Morgan fingerprint density at radius 2 is 1.64 bits per heavy atom. The van der Waals surface area contributed by atoms with Gasteiger partial charge in [0.1, 0.15) is 5.75 Å². The Hall–Kier alpha value is -2.04. The normalized spacial score (nSPS) is 22.2. The number of aliphatic carboxylic acids is 2. The largest absolute Gasteiger partial charge is 0.494 e. The molecule has 1 aliphatic carbocycles. The van der Waals surface area contributed by atoms with E-state index in [-0.39, 0.29) is 12.8 Å². The fraction of sp³-hybridized carbons (Fsp3) is 0.600. The van der Waals surface area contributed by atoms with Gasteiger partial charge in [0.05, 0.1) is 17.9 Å². The highest BCUT2D eigenvalue weighted by molar-refractivity contribution is 5.86. The Balaban J connectivity index is 1.83. The summed E-state index contributed by atoms with van der Waals surface area (Å²) in [6.45, 7) is 2.86. The van der Waals surface area contributed by atoms with Crippen LogP contribution in [0.5, 0.6) is 5.75 Å². The van der Waals surface area contributed by atoms with Gasteiger partial charge in [-0.3, -0.25) is 9.59 Å². The van der Waals surface area contributed by atoms with E-state index in [4.69, 9.17) is 9.84 Å². The van der Waals surface area contributed by atoms with Crippen molar-refractivity contribution in [3.8, 4) is 5.75 Å². The third-order valence-corrected chi connectivity index (χ3v) is 5.12. The quantitative estimate of drug-likeness (QED) is 0.584. The average Bonchev–Trinajstić information content (AvgIpc) is 2.53. The summed E-state index contributed by atoms with van der Waals surface area (Å²) in [6, 6.07) is 7.07. The van der Waals surface area contributed by atoms with Crippen LogP contribution in [-0.4, -0.2) is 28.8 Å². The number of carbonyl (C=O) groups is 2. The molecule has 0 unspecified atom stereocenters. The van der Waals surface area contributed by atoms with Gasteiger partial charge in [-0.05, 0) is 37.0 Å². The van der Waals surface area contributed by atoms with E-state index in [2.05, 4.69) is 6.92 Å². The third-order valence-electron chi connectivity index (χ3n) is 5.12. The topological polar surface area (TPSA) is 83.8 Å². The Bertz CT molecular complexity index is 572. The Labute approximate surface area is 149 Å². The molecule has 0 heterocycles. The SMILES string of the molecule is CCCCCCCCOc1ccc(C2(C(=O)O)CC(C(=O)O)C2)cc1. The van der Waals surface area contributed by atoms with Crippen LogP contribution in [-0.2, 0) is 15.0 Å². The van der Waals surface area contributed by atoms with Gasteiger partial charge in [-0.25, -0.2) is 0 Å². The van der Waals surface area contributed by atoms with Crippen LogP contribution in [0.25, 0.3) is 0 Å². The summed E-state index contributed by atoms with van der Waals surface area (Å²) >= 11 is 0. The molecule has 0 spiro atoms. The molecule has 1 saturated carbocycles. The first kappa shape index (κ1) is 19.3. The van der Waals surface area contributed by atoms with Gasteiger partial charge in [0.15, 0.2) is 0 Å². The van der Waals surface area contributed by atoms with Gasteiger partial charge in [-0.1, -0.05) is 51.2 Å². The van der Waals surface area contributed by atoms with Gasteiger partial charge in [0, 0.05) is 0 Å². The highest BCUT2D eigenvalue weighted by atomic mass is 16.5. The maximum Gasteiger partial charge on any atom is 0.314 e. The molecule has 5 heteroatoms. The second-order valence-electron chi connectivity index (χ2n) is 6.97. The summed E-state index contributed by atoms with van der Waals surface area (Å²) in [6.07, 6.45) is 7.53. The van der Waals surface area contributed by atoms with Crippen molar-refractivity contribution in [3.05, 3.63) is 29.8 Å². The Kier molecular flexibility index (Phi) is 6.85. The van der Waals surface area contributed by atoms with Crippen LogP contribution in [0.2, 0.25) is 0 Å². The standard InChI is InChI=1S/C20H28O5/c1-2-3-4-5-6-7-12-25-17-10-8-16(9-11-17)20(19(23)24)13-15(14-20)18(21)22/h8-11,15H,2-7,12-14H2,1H3,(H,21,22)(H,23,24). The van der Waals surface area contributed by atoms with Gasteiger partial charge in [-0.2, -0.15) is 0 Å². The molecule has 1 aromatic carbocycles. The number of benzene rings is 1. The molecule has 25 heavy (non-hydrogen) atoms. The molecule has 1 aromatic rings. The third kappa shape index (κ3) is 4.74. The van der Waals surface area contributed by atoms with E-state index in [9.17, 15) is 14.7 Å². The average molecular weight is 348 g/mol. The number of hydrogen-bond donors (Lipinski definition) is 2. The van der Waals surface area contributed by atoms with Gasteiger partial charge >= 0.3 is 11.9 Å². The van der Waals surface area contributed by atoms with Crippen LogP contribution in [0, 0.1) is 5.92 Å². The lowest BCUT2D eigenvalue weighted by Crippen LogP contribution is -2.50. The molecule has 0 amide bonds. The monoisotopic (exact) mass is 348 g/mol. The number of carboxylic acids is 2. The maximum absolute atomic E-state index is 11.7. The molecular weight excluding hydrogens is 320 g/mol. The van der Waals surface area contributed by atoms with Crippen molar-refractivity contribution in [3.63, 3.8) is 0 Å². The molecule has 0 aliphatic heterocycles. The maximum atomic E-state index is 11.7. The van der Waals surface area contributed by atoms with Crippen LogP contribution < -0.4 is 4.74 Å². The summed E-state index contributed by atoms with van der Waals surface area (Å²) in [5.41, 5.74) is -0.412. The molecule has 138 valence electrons. The van der Waals surface area contributed by atoms with E-state index in [0.29, 0.717) is 12.2 Å². The minimum absolute atomic E-state index is 0.148. The van der Waals surface area contributed by atoms with Crippen LogP contribution in [0.3, 0.4) is 0 Å². The van der Waals surface area contributed by atoms with Crippen molar-refractivity contribution in [2.45, 2.75) is 63.7 Å². The fourth-order valence-electron chi connectivity index (χ4n) is 3.43. The zero-order chi connectivity index (χ0) is 18.3. The summed E-state index contributed by atoms with van der Waals surface area (Å²) in [5.74, 6) is -1.71. The lowest BCUT2D eigenvalue weighted by molar-refractivity contribution is -0.157. The van der Waals surface area contributed by atoms with Crippen molar-refractivity contribution >= 4 is 11.9 Å². The van der Waals surface area contributed by atoms with Gasteiger partial charge in [0.2, 0.25) is 0 Å². The van der Waals surface area contributed by atoms with Crippen molar-refractivity contribution in [2.75, 3.05) is 6.61 Å². The van der Waals surface area contributed by atoms with Crippen molar-refractivity contribution in [1.29, 1.82) is 0 Å². The van der Waals surface area contributed by atoms with E-state index in [1.807, 2.05) is 0 Å². The summed E-state index contributed by atoms with van der Waals surface area (Å²) in [5, 5.41) is 18.6. The first-order valence-electron chi connectivity index (χ1n) is 9.19. The Morgan fingerprint density at radius 3 is 2.20 bits per heavy atom. The van der Waals surface area contributed by atoms with Crippen LogP contribution in [0.1, 0.15) is 63.9 Å². The number of carboxylic acid groups (broad SMARTS) is 2. The number of unbranched alkanes of at least 4 members (excludes halogenated alkanes) is 5. The van der Waals surface area contributed by atoms with Gasteiger partial charge < -0.3 is 14.9 Å². The van der Waals surface area contributed by atoms with Gasteiger partial charge in [-0.15, -0.1) is 0 Å². The van der Waals surface area contributed by atoms with Crippen molar-refractivity contribution < 1.29 is 24.5 Å². The van der Waals surface area contributed by atoms with E-state index in [1.165, 1.54) is 25.7 Å². The predicted octanol–water partition coefficient (Wildman–Crippen LogP) is 4.24.